The van der Waals surface area contributed by atoms with Crippen LogP contribution in [0.3, 0.4) is 0 Å². The quantitative estimate of drug-likeness (QED) is 0.426. The molecule has 0 bridgehead atoms. The fourth-order valence-corrected chi connectivity index (χ4v) is 5.68. The van der Waals surface area contributed by atoms with Crippen molar-refractivity contribution in [3.8, 4) is 0 Å². The van der Waals surface area contributed by atoms with Gasteiger partial charge in [0.25, 0.3) is 0 Å². The van der Waals surface area contributed by atoms with Gasteiger partial charge >= 0.3 is 0 Å². The molecule has 3 aromatic carbocycles. The Labute approximate surface area is 194 Å². The Bertz CT molecular complexity index is 1470. The van der Waals surface area contributed by atoms with Crippen molar-refractivity contribution in [2.75, 3.05) is 15.9 Å². The molecule has 0 aliphatic carbocycles. The maximum Gasteiger partial charge on any atom is 0.247 e. The van der Waals surface area contributed by atoms with E-state index < -0.39 is 16.1 Å². The van der Waals surface area contributed by atoms with E-state index in [1.807, 2.05) is 56.3 Å². The van der Waals surface area contributed by atoms with Crippen LogP contribution in [0.1, 0.15) is 25.0 Å². The highest BCUT2D eigenvalue weighted by molar-refractivity contribution is 7.92. The maximum absolute atomic E-state index is 13.2. The number of anilines is 2. The molecule has 0 fully saturated rings. The van der Waals surface area contributed by atoms with Gasteiger partial charge in [-0.05, 0) is 69.2 Å². The van der Waals surface area contributed by atoms with Crippen LogP contribution >= 0.6 is 0 Å². The highest BCUT2D eigenvalue weighted by Gasteiger charge is 2.30. The number of para-hydroxylation sites is 1. The minimum absolute atomic E-state index is 0.389. The van der Waals surface area contributed by atoms with Crippen molar-refractivity contribution in [1.29, 1.82) is 0 Å². The molecule has 0 spiro atoms. The van der Waals surface area contributed by atoms with Crippen molar-refractivity contribution >= 4 is 49.1 Å². The molecule has 1 N–H and O–H groups in total. The van der Waals surface area contributed by atoms with Crippen LogP contribution in [0.4, 0.5) is 11.4 Å². The first-order valence-electron chi connectivity index (χ1n) is 11.0. The van der Waals surface area contributed by atoms with Gasteiger partial charge in [-0.2, -0.15) is 0 Å². The number of hydrogen-bond acceptors (Lipinski definition) is 3. The van der Waals surface area contributed by atoms with E-state index in [9.17, 15) is 13.2 Å². The number of amides is 1. The molecular formula is C26H29N3O3S. The lowest BCUT2D eigenvalue weighted by atomic mass is 10.1. The number of aryl methyl sites for hydroxylation is 3. The zero-order valence-corrected chi connectivity index (χ0v) is 20.4. The smallest absolute Gasteiger partial charge is 0.247 e. The van der Waals surface area contributed by atoms with Crippen LogP contribution in [-0.2, 0) is 21.4 Å². The van der Waals surface area contributed by atoms with Gasteiger partial charge in [0.1, 0.15) is 6.04 Å². The summed E-state index contributed by atoms with van der Waals surface area (Å²) in [4.78, 5) is 13.2. The van der Waals surface area contributed by atoms with E-state index in [4.69, 9.17) is 0 Å². The third-order valence-electron chi connectivity index (χ3n) is 6.05. The molecule has 6 nitrogen and oxygen atoms in total. The zero-order chi connectivity index (χ0) is 23.9. The van der Waals surface area contributed by atoms with Crippen molar-refractivity contribution < 1.29 is 13.2 Å². The Morgan fingerprint density at radius 3 is 2.39 bits per heavy atom. The normalized spacial score (nSPS) is 12.8. The van der Waals surface area contributed by atoms with Crippen LogP contribution in [0, 0.1) is 13.8 Å². The molecule has 33 heavy (non-hydrogen) atoms. The average Bonchev–Trinajstić information content (AvgIpc) is 3.08. The first kappa shape index (κ1) is 22.9. The minimum atomic E-state index is -3.69. The van der Waals surface area contributed by atoms with Crippen LogP contribution in [0.2, 0.25) is 0 Å². The summed E-state index contributed by atoms with van der Waals surface area (Å²) in [6.07, 6.45) is 1.13. The third-order valence-corrected chi connectivity index (χ3v) is 7.27. The Morgan fingerprint density at radius 1 is 1.00 bits per heavy atom. The van der Waals surface area contributed by atoms with Crippen molar-refractivity contribution in [2.45, 2.75) is 40.3 Å². The molecular weight excluding hydrogens is 434 g/mol. The minimum Gasteiger partial charge on any atom is -0.341 e. The summed E-state index contributed by atoms with van der Waals surface area (Å²) in [6.45, 7) is 8.30. The summed E-state index contributed by atoms with van der Waals surface area (Å²) in [5.74, 6) is -0.389. The molecule has 0 saturated heterocycles. The van der Waals surface area contributed by atoms with Crippen LogP contribution in [0.5, 0.6) is 0 Å². The fourth-order valence-electron chi connectivity index (χ4n) is 4.46. The Kier molecular flexibility index (Phi) is 5.93. The number of rotatable bonds is 6. The molecule has 0 radical (unpaired) electrons. The van der Waals surface area contributed by atoms with E-state index in [2.05, 4.69) is 28.9 Å². The lowest BCUT2D eigenvalue weighted by Gasteiger charge is -2.29. The van der Waals surface area contributed by atoms with Crippen molar-refractivity contribution in [3.63, 3.8) is 0 Å². The molecule has 0 saturated carbocycles. The van der Waals surface area contributed by atoms with Gasteiger partial charge in [-0.1, -0.05) is 30.3 Å². The molecule has 1 heterocycles. The van der Waals surface area contributed by atoms with Crippen molar-refractivity contribution in [3.05, 3.63) is 71.8 Å². The predicted octanol–water partition coefficient (Wildman–Crippen LogP) is 5.22. The second-order valence-corrected chi connectivity index (χ2v) is 10.4. The predicted molar refractivity (Wildman–Crippen MR) is 136 cm³/mol. The molecule has 1 amide bonds. The van der Waals surface area contributed by atoms with Crippen LogP contribution < -0.4 is 9.62 Å². The summed E-state index contributed by atoms with van der Waals surface area (Å²) in [6, 6.07) is 18.7. The average molecular weight is 464 g/mol. The summed E-state index contributed by atoms with van der Waals surface area (Å²) in [5, 5.41) is 5.09. The number of nitrogens with one attached hydrogen (secondary N) is 1. The number of sulfonamides is 1. The third kappa shape index (κ3) is 4.20. The topological polar surface area (TPSA) is 71.4 Å². The first-order chi connectivity index (χ1) is 15.6. The van der Waals surface area contributed by atoms with Gasteiger partial charge in [0.15, 0.2) is 0 Å². The number of carbonyl (C=O) groups is 1. The SMILES string of the molecule is CCn1c2ccccc2c2cc(NC(=O)[C@@H](C)N(c3cc(C)ccc3C)S(C)(=O)=O)ccc21. The van der Waals surface area contributed by atoms with Crippen LogP contribution in [0.25, 0.3) is 21.8 Å². The number of carbonyl (C=O) groups excluding carboxylic acids is 1. The lowest BCUT2D eigenvalue weighted by Crippen LogP contribution is -2.45. The first-order valence-corrected chi connectivity index (χ1v) is 12.8. The van der Waals surface area contributed by atoms with Gasteiger partial charge in [0, 0.05) is 34.0 Å². The van der Waals surface area contributed by atoms with E-state index in [0.29, 0.717) is 11.4 Å². The van der Waals surface area contributed by atoms with Crippen molar-refractivity contribution in [2.24, 2.45) is 0 Å². The summed E-state index contributed by atoms with van der Waals surface area (Å²) < 4.78 is 28.8. The zero-order valence-electron chi connectivity index (χ0n) is 19.6. The molecule has 7 heteroatoms. The molecule has 1 aromatic heterocycles. The number of nitrogens with zero attached hydrogens (tertiary/aromatic N) is 2. The van der Waals surface area contributed by atoms with E-state index >= 15 is 0 Å². The molecule has 172 valence electrons. The molecule has 4 rings (SSSR count). The van der Waals surface area contributed by atoms with E-state index in [-0.39, 0.29) is 5.91 Å². The van der Waals surface area contributed by atoms with Crippen LogP contribution in [-0.4, -0.2) is 31.2 Å². The van der Waals surface area contributed by atoms with Gasteiger partial charge in [-0.25, -0.2) is 8.42 Å². The maximum atomic E-state index is 13.2. The van der Waals surface area contributed by atoms with Gasteiger partial charge < -0.3 is 9.88 Å². The Hall–Kier alpha value is -3.32. The second-order valence-electron chi connectivity index (χ2n) is 8.51. The number of benzene rings is 3. The summed E-state index contributed by atoms with van der Waals surface area (Å²) in [5.41, 5.74) is 5.10. The monoisotopic (exact) mass is 463 g/mol. The molecule has 0 unspecified atom stereocenters. The highest BCUT2D eigenvalue weighted by Crippen LogP contribution is 2.31. The molecule has 0 aliphatic heterocycles. The molecule has 4 aromatic rings. The van der Waals surface area contributed by atoms with Gasteiger partial charge in [0.2, 0.25) is 15.9 Å². The van der Waals surface area contributed by atoms with Gasteiger partial charge in [0.05, 0.1) is 11.9 Å². The lowest BCUT2D eigenvalue weighted by molar-refractivity contribution is -0.116. The standard InChI is InChI=1S/C26H29N3O3S/c1-6-28-23-10-8-7-9-21(23)22-16-20(13-14-24(22)28)27-26(30)19(4)29(33(5,31)32)25-15-17(2)11-12-18(25)3/h7-16,19H,6H2,1-5H3,(H,27,30)/t19-/m1/s1. The Balaban J connectivity index is 1.70. The number of fused-ring (bicyclic) bond motifs is 3. The van der Waals surface area contributed by atoms with Gasteiger partial charge in [-0.3, -0.25) is 9.10 Å². The molecule has 1 atom stereocenters. The van der Waals surface area contributed by atoms with Crippen molar-refractivity contribution in [1.82, 2.24) is 4.57 Å². The second kappa shape index (κ2) is 8.56. The highest BCUT2D eigenvalue weighted by atomic mass is 32.2. The van der Waals surface area contributed by atoms with Crippen LogP contribution in [0.15, 0.2) is 60.7 Å². The van der Waals surface area contributed by atoms with E-state index in [1.165, 1.54) is 4.31 Å². The Morgan fingerprint density at radius 2 is 1.70 bits per heavy atom. The number of aromatic nitrogens is 1. The fraction of sp³-hybridized carbons (Fsp3) is 0.269. The largest absolute Gasteiger partial charge is 0.341 e. The number of hydrogen-bond donors (Lipinski definition) is 1. The van der Waals surface area contributed by atoms with Gasteiger partial charge in [-0.15, -0.1) is 0 Å². The van der Waals surface area contributed by atoms with E-state index in [1.54, 1.807) is 13.0 Å². The summed E-state index contributed by atoms with van der Waals surface area (Å²) in [7, 11) is -3.69. The summed E-state index contributed by atoms with van der Waals surface area (Å²) >= 11 is 0. The molecule has 0 aliphatic rings. The van der Waals surface area contributed by atoms with E-state index in [0.717, 1.165) is 45.7 Å².